The maximum atomic E-state index is 11.2. The topological polar surface area (TPSA) is 55.4 Å². The summed E-state index contributed by atoms with van der Waals surface area (Å²) < 4.78 is 4.74. The van der Waals surface area contributed by atoms with Crippen LogP contribution in [0, 0.1) is 0 Å². The van der Waals surface area contributed by atoms with E-state index in [2.05, 4.69) is 5.32 Å². The molecule has 0 aliphatic carbocycles. The smallest absolute Gasteiger partial charge is 0.328 e. The van der Waals surface area contributed by atoms with E-state index in [0.29, 0.717) is 6.61 Å². The van der Waals surface area contributed by atoms with Gasteiger partial charge in [-0.05, 0) is 27.7 Å². The summed E-state index contributed by atoms with van der Waals surface area (Å²) in [5.41, 5.74) is 0.888. The molecule has 0 rings (SSSR count). The van der Waals surface area contributed by atoms with E-state index in [-0.39, 0.29) is 5.91 Å². The summed E-state index contributed by atoms with van der Waals surface area (Å²) in [5, 5.41) is 2.51. The fourth-order valence-electron chi connectivity index (χ4n) is 0.843. The Morgan fingerprint density at radius 1 is 1.43 bits per heavy atom. The molecular formula is C10H17NO3. The summed E-state index contributed by atoms with van der Waals surface area (Å²) in [4.78, 5) is 22.3. The van der Waals surface area contributed by atoms with Crippen LogP contribution < -0.4 is 5.32 Å². The molecule has 4 heteroatoms. The van der Waals surface area contributed by atoms with Gasteiger partial charge in [-0.1, -0.05) is 5.57 Å². The fraction of sp³-hybridized carbons (Fsp3) is 0.600. The first kappa shape index (κ1) is 12.7. The minimum absolute atomic E-state index is 0.273. The Labute approximate surface area is 84.3 Å². The molecule has 1 amide bonds. The summed E-state index contributed by atoms with van der Waals surface area (Å²) in [6.07, 6.45) is 1.44. The van der Waals surface area contributed by atoms with Crippen molar-refractivity contribution in [2.45, 2.75) is 33.7 Å². The Kier molecular flexibility index (Phi) is 5.60. The van der Waals surface area contributed by atoms with Crippen molar-refractivity contribution >= 4 is 11.9 Å². The third-order valence-corrected chi connectivity index (χ3v) is 1.42. The number of esters is 1. The lowest BCUT2D eigenvalue weighted by atomic mass is 10.3. The molecule has 0 spiro atoms. The van der Waals surface area contributed by atoms with Crippen molar-refractivity contribution in [3.05, 3.63) is 11.6 Å². The van der Waals surface area contributed by atoms with Crippen molar-refractivity contribution in [1.29, 1.82) is 0 Å². The van der Waals surface area contributed by atoms with Gasteiger partial charge in [0.05, 0.1) is 6.61 Å². The molecule has 0 fully saturated rings. The van der Waals surface area contributed by atoms with Gasteiger partial charge in [-0.15, -0.1) is 0 Å². The minimum Gasteiger partial charge on any atom is -0.464 e. The molecule has 0 aromatic carbocycles. The normalized spacial score (nSPS) is 11.4. The highest BCUT2D eigenvalue weighted by molar-refractivity contribution is 5.91. The van der Waals surface area contributed by atoms with Gasteiger partial charge in [0.15, 0.2) is 0 Å². The first-order chi connectivity index (χ1) is 6.47. The predicted octanol–water partition coefficient (Wildman–Crippen LogP) is 1.02. The number of carbonyl (C=O) groups is 2. The first-order valence-corrected chi connectivity index (χ1v) is 4.59. The SMILES string of the molecule is CCOC(=O)C(C)NC(=O)C=C(C)C. The molecular weight excluding hydrogens is 182 g/mol. The molecule has 0 bridgehead atoms. The lowest BCUT2D eigenvalue weighted by Crippen LogP contribution is -2.38. The van der Waals surface area contributed by atoms with Crippen molar-refractivity contribution in [2.24, 2.45) is 0 Å². The summed E-state index contributed by atoms with van der Waals surface area (Å²) in [7, 11) is 0. The van der Waals surface area contributed by atoms with Crippen LogP contribution in [0.25, 0.3) is 0 Å². The molecule has 0 saturated heterocycles. The van der Waals surface area contributed by atoms with E-state index in [9.17, 15) is 9.59 Å². The third-order valence-electron chi connectivity index (χ3n) is 1.42. The van der Waals surface area contributed by atoms with Crippen LogP contribution in [0.5, 0.6) is 0 Å². The van der Waals surface area contributed by atoms with Crippen LogP contribution in [-0.4, -0.2) is 24.5 Å². The lowest BCUT2D eigenvalue weighted by molar-refractivity contribution is -0.146. The first-order valence-electron chi connectivity index (χ1n) is 4.59. The Balaban J connectivity index is 4.06. The maximum absolute atomic E-state index is 11.2. The van der Waals surface area contributed by atoms with Crippen molar-refractivity contribution in [3.8, 4) is 0 Å². The second-order valence-corrected chi connectivity index (χ2v) is 3.20. The number of amides is 1. The zero-order chi connectivity index (χ0) is 11.1. The van der Waals surface area contributed by atoms with Gasteiger partial charge in [0.2, 0.25) is 5.91 Å². The predicted molar refractivity (Wildman–Crippen MR) is 53.7 cm³/mol. The Bertz CT molecular complexity index is 242. The Morgan fingerprint density at radius 3 is 2.43 bits per heavy atom. The minimum atomic E-state index is -0.599. The van der Waals surface area contributed by atoms with Crippen LogP contribution in [0.3, 0.4) is 0 Å². The van der Waals surface area contributed by atoms with Crippen molar-refractivity contribution < 1.29 is 14.3 Å². The van der Waals surface area contributed by atoms with Crippen LogP contribution in [0.1, 0.15) is 27.7 Å². The van der Waals surface area contributed by atoms with Crippen LogP contribution >= 0.6 is 0 Å². The average molecular weight is 199 g/mol. The van der Waals surface area contributed by atoms with E-state index in [0.717, 1.165) is 5.57 Å². The van der Waals surface area contributed by atoms with Gasteiger partial charge < -0.3 is 10.1 Å². The van der Waals surface area contributed by atoms with Crippen molar-refractivity contribution in [2.75, 3.05) is 6.61 Å². The van der Waals surface area contributed by atoms with Gasteiger partial charge in [0.1, 0.15) is 6.04 Å². The van der Waals surface area contributed by atoms with Crippen LogP contribution in [0.4, 0.5) is 0 Å². The number of ether oxygens (including phenoxy) is 1. The molecule has 1 N–H and O–H groups in total. The number of carbonyl (C=O) groups excluding carboxylic acids is 2. The molecule has 0 aromatic rings. The maximum Gasteiger partial charge on any atom is 0.328 e. The van der Waals surface area contributed by atoms with E-state index in [1.165, 1.54) is 6.08 Å². The monoisotopic (exact) mass is 199 g/mol. The zero-order valence-corrected chi connectivity index (χ0v) is 9.09. The van der Waals surface area contributed by atoms with E-state index in [1.807, 2.05) is 13.8 Å². The second-order valence-electron chi connectivity index (χ2n) is 3.20. The van der Waals surface area contributed by atoms with Gasteiger partial charge >= 0.3 is 5.97 Å². The summed E-state index contributed by atoms with van der Waals surface area (Å²) in [6.45, 7) is 7.27. The number of nitrogens with one attached hydrogen (secondary N) is 1. The standard InChI is InChI=1S/C10H17NO3/c1-5-14-10(13)8(4)11-9(12)6-7(2)3/h6,8H,5H2,1-4H3,(H,11,12). The van der Waals surface area contributed by atoms with Gasteiger partial charge in [0.25, 0.3) is 0 Å². The lowest BCUT2D eigenvalue weighted by Gasteiger charge is -2.10. The zero-order valence-electron chi connectivity index (χ0n) is 9.09. The average Bonchev–Trinajstić information content (AvgIpc) is 2.02. The molecule has 0 saturated carbocycles. The van der Waals surface area contributed by atoms with E-state index < -0.39 is 12.0 Å². The van der Waals surface area contributed by atoms with Gasteiger partial charge in [0, 0.05) is 6.08 Å². The van der Waals surface area contributed by atoms with Crippen LogP contribution in [0.15, 0.2) is 11.6 Å². The summed E-state index contributed by atoms with van der Waals surface area (Å²) in [6, 6.07) is -0.599. The molecule has 0 radical (unpaired) electrons. The fourth-order valence-corrected chi connectivity index (χ4v) is 0.843. The van der Waals surface area contributed by atoms with Gasteiger partial charge in [-0.25, -0.2) is 4.79 Å². The van der Waals surface area contributed by atoms with Gasteiger partial charge in [-0.3, -0.25) is 4.79 Å². The second kappa shape index (κ2) is 6.18. The quantitative estimate of drug-likeness (QED) is 0.543. The van der Waals surface area contributed by atoms with Crippen LogP contribution in [-0.2, 0) is 14.3 Å². The van der Waals surface area contributed by atoms with E-state index in [4.69, 9.17) is 4.74 Å². The molecule has 0 aliphatic heterocycles. The summed E-state index contributed by atoms with van der Waals surface area (Å²) >= 11 is 0. The highest BCUT2D eigenvalue weighted by atomic mass is 16.5. The molecule has 0 aliphatic rings. The molecule has 1 unspecified atom stereocenters. The molecule has 80 valence electrons. The van der Waals surface area contributed by atoms with E-state index in [1.54, 1.807) is 13.8 Å². The Hall–Kier alpha value is -1.32. The molecule has 1 atom stereocenters. The number of hydrogen-bond acceptors (Lipinski definition) is 3. The van der Waals surface area contributed by atoms with Crippen molar-refractivity contribution in [1.82, 2.24) is 5.32 Å². The highest BCUT2D eigenvalue weighted by Crippen LogP contribution is 1.91. The highest BCUT2D eigenvalue weighted by Gasteiger charge is 2.14. The molecule has 0 aromatic heterocycles. The molecule has 4 nitrogen and oxygen atoms in total. The third kappa shape index (κ3) is 5.35. The molecule has 14 heavy (non-hydrogen) atoms. The Morgan fingerprint density at radius 2 is 2.00 bits per heavy atom. The van der Waals surface area contributed by atoms with Gasteiger partial charge in [-0.2, -0.15) is 0 Å². The molecule has 0 heterocycles. The largest absolute Gasteiger partial charge is 0.464 e. The number of allylic oxidation sites excluding steroid dienone is 1. The van der Waals surface area contributed by atoms with Crippen molar-refractivity contribution in [3.63, 3.8) is 0 Å². The number of hydrogen-bond donors (Lipinski definition) is 1. The van der Waals surface area contributed by atoms with E-state index >= 15 is 0 Å². The summed E-state index contributed by atoms with van der Waals surface area (Å²) in [5.74, 6) is -0.687. The van der Waals surface area contributed by atoms with Crippen LogP contribution in [0.2, 0.25) is 0 Å². The number of rotatable bonds is 4.